The summed E-state index contributed by atoms with van der Waals surface area (Å²) in [7, 11) is 0. The summed E-state index contributed by atoms with van der Waals surface area (Å²) in [5, 5.41) is 2.86. The molecule has 2 aromatic rings. The summed E-state index contributed by atoms with van der Waals surface area (Å²) in [6.45, 7) is 7.41. The maximum atomic E-state index is 12.4. The maximum absolute atomic E-state index is 12.4. The molecule has 2 rings (SSSR count). The highest BCUT2D eigenvalue weighted by molar-refractivity contribution is 5.95. The first-order valence-electron chi connectivity index (χ1n) is 9.20. The summed E-state index contributed by atoms with van der Waals surface area (Å²) in [6.07, 6.45) is 0.0520. The number of nitrogens with one attached hydrogen (secondary N) is 1. The highest BCUT2D eigenvalue weighted by Crippen LogP contribution is 2.26. The zero-order chi connectivity index (χ0) is 19.8. The zero-order valence-corrected chi connectivity index (χ0v) is 16.3. The summed E-state index contributed by atoms with van der Waals surface area (Å²) in [5.74, 6) is -0.0120. The third kappa shape index (κ3) is 5.84. The molecule has 144 valence electrons. The Hall–Kier alpha value is -2.82. The van der Waals surface area contributed by atoms with Crippen molar-refractivity contribution < 1.29 is 19.1 Å². The fourth-order valence-corrected chi connectivity index (χ4v) is 2.63. The molecule has 5 nitrogen and oxygen atoms in total. The lowest BCUT2D eigenvalue weighted by molar-refractivity contribution is -0.155. The van der Waals surface area contributed by atoms with Crippen LogP contribution < -0.4 is 10.1 Å². The predicted molar refractivity (Wildman–Crippen MR) is 106 cm³/mol. The Morgan fingerprint density at radius 1 is 1.04 bits per heavy atom. The Labute approximate surface area is 160 Å². The number of benzene rings is 2. The van der Waals surface area contributed by atoms with E-state index in [2.05, 4.69) is 19.2 Å². The first kappa shape index (κ1) is 20.5. The summed E-state index contributed by atoms with van der Waals surface area (Å²) >= 11 is 0. The lowest BCUT2D eigenvalue weighted by Gasteiger charge is -2.18. The SMILES string of the molecule is CC[C@H](C)c1ccccc1NC(=O)[C@@H](C)OC(=O)COc1ccccc1C. The van der Waals surface area contributed by atoms with Gasteiger partial charge in [0, 0.05) is 5.69 Å². The van der Waals surface area contributed by atoms with E-state index >= 15 is 0 Å². The smallest absolute Gasteiger partial charge is 0.344 e. The van der Waals surface area contributed by atoms with E-state index in [-0.39, 0.29) is 12.5 Å². The quantitative estimate of drug-likeness (QED) is 0.698. The first-order chi connectivity index (χ1) is 12.9. The second-order valence-corrected chi connectivity index (χ2v) is 6.57. The monoisotopic (exact) mass is 369 g/mol. The van der Waals surface area contributed by atoms with Crippen LogP contribution in [0.15, 0.2) is 48.5 Å². The number of rotatable bonds is 8. The van der Waals surface area contributed by atoms with Gasteiger partial charge in [-0.1, -0.05) is 50.2 Å². The molecule has 0 aliphatic rings. The van der Waals surface area contributed by atoms with Crippen LogP contribution in [0.25, 0.3) is 0 Å². The van der Waals surface area contributed by atoms with Gasteiger partial charge >= 0.3 is 5.97 Å². The molecular weight excluding hydrogens is 342 g/mol. The molecule has 0 saturated carbocycles. The van der Waals surface area contributed by atoms with Crippen LogP contribution in [-0.4, -0.2) is 24.6 Å². The van der Waals surface area contributed by atoms with E-state index in [0.29, 0.717) is 11.7 Å². The van der Waals surface area contributed by atoms with E-state index in [4.69, 9.17) is 9.47 Å². The number of ether oxygens (including phenoxy) is 2. The van der Waals surface area contributed by atoms with Gasteiger partial charge in [-0.2, -0.15) is 0 Å². The fourth-order valence-electron chi connectivity index (χ4n) is 2.63. The van der Waals surface area contributed by atoms with Crippen LogP contribution in [0.4, 0.5) is 5.69 Å². The molecule has 0 saturated heterocycles. The highest BCUT2D eigenvalue weighted by atomic mass is 16.6. The van der Waals surface area contributed by atoms with Gasteiger partial charge in [0.1, 0.15) is 5.75 Å². The number of carbonyl (C=O) groups excluding carboxylic acids is 2. The van der Waals surface area contributed by atoms with E-state index < -0.39 is 12.1 Å². The van der Waals surface area contributed by atoms with E-state index in [0.717, 1.165) is 23.2 Å². The minimum absolute atomic E-state index is 0.244. The van der Waals surface area contributed by atoms with Crippen LogP contribution in [0.3, 0.4) is 0 Å². The average molecular weight is 369 g/mol. The van der Waals surface area contributed by atoms with Gasteiger partial charge in [-0.05, 0) is 49.4 Å². The first-order valence-corrected chi connectivity index (χ1v) is 9.20. The third-order valence-corrected chi connectivity index (χ3v) is 4.48. The fraction of sp³-hybridized carbons (Fsp3) is 0.364. The Morgan fingerprint density at radius 2 is 1.70 bits per heavy atom. The van der Waals surface area contributed by atoms with Gasteiger partial charge in [0.25, 0.3) is 5.91 Å². The molecule has 0 heterocycles. The Bertz CT molecular complexity index is 787. The number of carbonyl (C=O) groups is 2. The van der Waals surface area contributed by atoms with Crippen LogP contribution in [-0.2, 0) is 14.3 Å². The normalized spacial score (nSPS) is 12.7. The molecule has 2 atom stereocenters. The van der Waals surface area contributed by atoms with Crippen LogP contribution in [0.1, 0.15) is 44.2 Å². The Morgan fingerprint density at radius 3 is 2.41 bits per heavy atom. The number of esters is 1. The second kappa shape index (κ2) is 9.76. The molecule has 1 N–H and O–H groups in total. The van der Waals surface area contributed by atoms with E-state index in [1.54, 1.807) is 13.0 Å². The molecular formula is C22H27NO4. The number of aryl methyl sites for hydroxylation is 1. The average Bonchev–Trinajstić information content (AvgIpc) is 2.67. The molecule has 0 aliphatic carbocycles. The standard InChI is InChI=1S/C22H27NO4/c1-5-15(2)18-11-7-8-12-19(18)23-22(25)17(4)27-21(24)14-26-20-13-9-6-10-16(20)3/h6-13,15,17H,5,14H2,1-4H3,(H,23,25)/t15-,17+/m0/s1. The van der Waals surface area contributed by atoms with Crippen molar-refractivity contribution >= 4 is 17.6 Å². The van der Waals surface area contributed by atoms with Crippen molar-refractivity contribution in [1.29, 1.82) is 0 Å². The number of hydrogen-bond acceptors (Lipinski definition) is 4. The van der Waals surface area contributed by atoms with Gasteiger partial charge in [-0.25, -0.2) is 4.79 Å². The van der Waals surface area contributed by atoms with Crippen LogP contribution in [0.5, 0.6) is 5.75 Å². The van der Waals surface area contributed by atoms with Crippen molar-refractivity contribution in [2.45, 2.75) is 46.1 Å². The third-order valence-electron chi connectivity index (χ3n) is 4.48. The number of para-hydroxylation sites is 2. The second-order valence-electron chi connectivity index (χ2n) is 6.57. The lowest BCUT2D eigenvalue weighted by atomic mass is 9.97. The highest BCUT2D eigenvalue weighted by Gasteiger charge is 2.20. The van der Waals surface area contributed by atoms with Crippen molar-refractivity contribution in [1.82, 2.24) is 0 Å². The van der Waals surface area contributed by atoms with Crippen molar-refractivity contribution in [2.75, 3.05) is 11.9 Å². The van der Waals surface area contributed by atoms with Crippen LogP contribution >= 0.6 is 0 Å². The van der Waals surface area contributed by atoms with E-state index in [1.165, 1.54) is 0 Å². The van der Waals surface area contributed by atoms with Gasteiger partial charge in [-0.15, -0.1) is 0 Å². The minimum atomic E-state index is -0.914. The largest absolute Gasteiger partial charge is 0.482 e. The maximum Gasteiger partial charge on any atom is 0.344 e. The van der Waals surface area contributed by atoms with E-state index in [1.807, 2.05) is 49.4 Å². The Kier molecular flexibility index (Phi) is 7.41. The molecule has 0 aliphatic heterocycles. The van der Waals surface area contributed by atoms with Crippen molar-refractivity contribution in [2.24, 2.45) is 0 Å². The molecule has 0 aromatic heterocycles. The molecule has 0 radical (unpaired) electrons. The van der Waals surface area contributed by atoms with Gasteiger partial charge in [0.05, 0.1) is 0 Å². The minimum Gasteiger partial charge on any atom is -0.482 e. The lowest BCUT2D eigenvalue weighted by Crippen LogP contribution is -2.32. The molecule has 0 fully saturated rings. The van der Waals surface area contributed by atoms with Gasteiger partial charge in [0.2, 0.25) is 0 Å². The Balaban J connectivity index is 1.90. The molecule has 27 heavy (non-hydrogen) atoms. The van der Waals surface area contributed by atoms with Gasteiger partial charge in [-0.3, -0.25) is 4.79 Å². The van der Waals surface area contributed by atoms with Crippen molar-refractivity contribution in [3.8, 4) is 5.75 Å². The molecule has 5 heteroatoms. The summed E-state index contributed by atoms with van der Waals surface area (Å²) in [6, 6.07) is 15.1. The summed E-state index contributed by atoms with van der Waals surface area (Å²) < 4.78 is 10.7. The molecule has 0 unspecified atom stereocenters. The predicted octanol–water partition coefficient (Wildman–Crippen LogP) is 4.46. The molecule has 1 amide bonds. The van der Waals surface area contributed by atoms with Crippen molar-refractivity contribution in [3.05, 3.63) is 59.7 Å². The van der Waals surface area contributed by atoms with Crippen molar-refractivity contribution in [3.63, 3.8) is 0 Å². The molecule has 0 spiro atoms. The van der Waals surface area contributed by atoms with Gasteiger partial charge < -0.3 is 14.8 Å². The summed E-state index contributed by atoms with van der Waals surface area (Å²) in [5.41, 5.74) is 2.74. The molecule has 0 bridgehead atoms. The summed E-state index contributed by atoms with van der Waals surface area (Å²) in [4.78, 5) is 24.4. The number of anilines is 1. The topological polar surface area (TPSA) is 64.6 Å². The number of hydrogen-bond donors (Lipinski definition) is 1. The van der Waals surface area contributed by atoms with E-state index in [9.17, 15) is 9.59 Å². The van der Waals surface area contributed by atoms with Gasteiger partial charge in [0.15, 0.2) is 12.7 Å². The van der Waals surface area contributed by atoms with Crippen LogP contribution in [0, 0.1) is 6.92 Å². The van der Waals surface area contributed by atoms with Crippen LogP contribution in [0.2, 0.25) is 0 Å². The molecule has 2 aromatic carbocycles. The zero-order valence-electron chi connectivity index (χ0n) is 16.3. The number of amides is 1.